The van der Waals surface area contributed by atoms with Gasteiger partial charge in [0.05, 0.1) is 6.61 Å². The highest BCUT2D eigenvalue weighted by atomic mass is 16.5. The predicted molar refractivity (Wildman–Crippen MR) is 112 cm³/mol. The van der Waals surface area contributed by atoms with Crippen molar-refractivity contribution in [3.05, 3.63) is 29.8 Å². The van der Waals surface area contributed by atoms with Gasteiger partial charge in [0.25, 0.3) is 0 Å². The summed E-state index contributed by atoms with van der Waals surface area (Å²) in [6, 6.07) is 10.5. The van der Waals surface area contributed by atoms with Gasteiger partial charge in [-0.3, -0.25) is 4.90 Å². The van der Waals surface area contributed by atoms with E-state index in [0.717, 1.165) is 18.4 Å². The maximum atomic E-state index is 6.00. The van der Waals surface area contributed by atoms with E-state index in [9.17, 15) is 0 Å². The third kappa shape index (κ3) is 5.26. The quantitative estimate of drug-likeness (QED) is 0.569. The molecule has 1 aromatic rings. The molecule has 27 heavy (non-hydrogen) atoms. The topological polar surface area (TPSA) is 15.7 Å². The molecule has 0 unspecified atom stereocenters. The number of piperidine rings is 2. The Morgan fingerprint density at radius 2 is 1.59 bits per heavy atom. The first-order chi connectivity index (χ1) is 13.4. The number of hydrogen-bond donors (Lipinski definition) is 0. The van der Waals surface area contributed by atoms with Crippen LogP contribution in [0.1, 0.15) is 82.2 Å². The smallest absolute Gasteiger partial charge is 0.119 e. The van der Waals surface area contributed by atoms with Crippen LogP contribution in [0.2, 0.25) is 0 Å². The summed E-state index contributed by atoms with van der Waals surface area (Å²) < 4.78 is 6.00. The van der Waals surface area contributed by atoms with Gasteiger partial charge < -0.3 is 9.64 Å². The van der Waals surface area contributed by atoms with Crippen LogP contribution >= 0.6 is 0 Å². The summed E-state index contributed by atoms with van der Waals surface area (Å²) in [6.45, 7) is 6.08. The van der Waals surface area contributed by atoms with E-state index in [4.69, 9.17) is 4.74 Å². The molecule has 4 rings (SSSR count). The van der Waals surface area contributed by atoms with E-state index in [0.29, 0.717) is 6.04 Å². The van der Waals surface area contributed by atoms with Crippen molar-refractivity contribution < 1.29 is 4.74 Å². The van der Waals surface area contributed by atoms with Crippen LogP contribution in [-0.4, -0.2) is 48.6 Å². The van der Waals surface area contributed by atoms with E-state index in [-0.39, 0.29) is 0 Å². The first-order valence-corrected chi connectivity index (χ1v) is 11.6. The molecular formula is C24H38N2O. The molecule has 3 nitrogen and oxygen atoms in total. The van der Waals surface area contributed by atoms with Gasteiger partial charge in [0, 0.05) is 12.1 Å². The zero-order chi connectivity index (χ0) is 18.3. The van der Waals surface area contributed by atoms with Gasteiger partial charge >= 0.3 is 0 Å². The molecule has 3 saturated heterocycles. The molecule has 0 spiro atoms. The average molecular weight is 371 g/mol. The number of hydrogen-bond acceptors (Lipinski definition) is 3. The maximum Gasteiger partial charge on any atom is 0.119 e. The van der Waals surface area contributed by atoms with Crippen molar-refractivity contribution in [1.82, 2.24) is 9.80 Å². The summed E-state index contributed by atoms with van der Waals surface area (Å²) in [4.78, 5) is 5.40. The van der Waals surface area contributed by atoms with E-state index in [1.165, 1.54) is 102 Å². The van der Waals surface area contributed by atoms with Gasteiger partial charge in [-0.2, -0.15) is 0 Å². The summed E-state index contributed by atoms with van der Waals surface area (Å²) in [5.41, 5.74) is 1.50. The Kier molecular flexibility index (Phi) is 7.09. The molecule has 3 heterocycles. The minimum atomic E-state index is 0.648. The Morgan fingerprint density at radius 3 is 2.44 bits per heavy atom. The molecule has 0 amide bonds. The van der Waals surface area contributed by atoms with E-state index >= 15 is 0 Å². The fourth-order valence-corrected chi connectivity index (χ4v) is 5.42. The molecule has 0 radical (unpaired) electrons. The highest BCUT2D eigenvalue weighted by Gasteiger charge is 2.34. The lowest BCUT2D eigenvalue weighted by Crippen LogP contribution is -2.37. The first-order valence-electron chi connectivity index (χ1n) is 11.6. The van der Waals surface area contributed by atoms with Gasteiger partial charge in [-0.05, 0) is 108 Å². The minimum Gasteiger partial charge on any atom is -0.494 e. The highest BCUT2D eigenvalue weighted by Crippen LogP contribution is 2.39. The second-order valence-corrected chi connectivity index (χ2v) is 8.86. The van der Waals surface area contributed by atoms with Gasteiger partial charge in [-0.1, -0.05) is 18.6 Å². The standard InChI is InChI=1S/C24H38N2O/c1-3-16-25(17-4-1)18-5-2-6-20-27-23-14-12-21(13-15-23)24-11-7-9-22-10-8-19-26(22)24/h12-15,22,24H,1-11,16-20H2/t22-,24+/m1/s1. The molecule has 0 N–H and O–H groups in total. The van der Waals surface area contributed by atoms with Crippen LogP contribution in [0.15, 0.2) is 24.3 Å². The van der Waals surface area contributed by atoms with Crippen LogP contribution in [0.25, 0.3) is 0 Å². The SMILES string of the molecule is c1cc([C@@H]2CCC[C@@H]3CCCN32)ccc1OCCCCCN1CCCCC1. The zero-order valence-electron chi connectivity index (χ0n) is 17.1. The number of likely N-dealkylation sites (tertiary alicyclic amines) is 1. The summed E-state index contributed by atoms with van der Waals surface area (Å²) in [7, 11) is 0. The molecule has 0 bridgehead atoms. The Bertz CT molecular complexity index is 552. The maximum absolute atomic E-state index is 6.00. The van der Waals surface area contributed by atoms with Crippen LogP contribution in [0, 0.1) is 0 Å². The van der Waals surface area contributed by atoms with Crippen molar-refractivity contribution in [3.63, 3.8) is 0 Å². The fourth-order valence-electron chi connectivity index (χ4n) is 5.42. The number of rotatable bonds is 8. The Morgan fingerprint density at radius 1 is 0.778 bits per heavy atom. The molecule has 2 atom stereocenters. The van der Waals surface area contributed by atoms with E-state index in [1.807, 2.05) is 0 Å². The third-order valence-corrected chi connectivity index (χ3v) is 6.94. The normalized spacial score (nSPS) is 26.8. The number of benzene rings is 1. The Balaban J connectivity index is 1.15. The minimum absolute atomic E-state index is 0.648. The predicted octanol–water partition coefficient (Wildman–Crippen LogP) is 5.41. The third-order valence-electron chi connectivity index (χ3n) is 6.94. The van der Waals surface area contributed by atoms with Gasteiger partial charge in [0.15, 0.2) is 0 Å². The van der Waals surface area contributed by atoms with E-state index in [1.54, 1.807) is 0 Å². The van der Waals surface area contributed by atoms with Crippen LogP contribution < -0.4 is 4.74 Å². The van der Waals surface area contributed by atoms with Crippen molar-refractivity contribution in [2.75, 3.05) is 32.8 Å². The van der Waals surface area contributed by atoms with Crippen LogP contribution in [-0.2, 0) is 0 Å². The number of unbranched alkanes of at least 4 members (excludes halogenated alkanes) is 2. The second kappa shape index (κ2) is 9.93. The molecule has 0 aromatic heterocycles. The van der Waals surface area contributed by atoms with Crippen molar-refractivity contribution in [2.24, 2.45) is 0 Å². The van der Waals surface area contributed by atoms with E-state index < -0.39 is 0 Å². The number of ether oxygens (including phenoxy) is 1. The Labute approximate surface area is 166 Å². The summed E-state index contributed by atoms with van der Waals surface area (Å²) in [5.74, 6) is 1.04. The Hall–Kier alpha value is -1.06. The zero-order valence-corrected chi connectivity index (χ0v) is 17.1. The highest BCUT2D eigenvalue weighted by molar-refractivity contribution is 5.29. The van der Waals surface area contributed by atoms with Crippen molar-refractivity contribution in [3.8, 4) is 5.75 Å². The van der Waals surface area contributed by atoms with Crippen molar-refractivity contribution >= 4 is 0 Å². The van der Waals surface area contributed by atoms with Crippen LogP contribution in [0.3, 0.4) is 0 Å². The van der Waals surface area contributed by atoms with Gasteiger partial charge in [0.1, 0.15) is 5.75 Å². The molecule has 0 aliphatic carbocycles. The largest absolute Gasteiger partial charge is 0.494 e. The molecule has 150 valence electrons. The summed E-state index contributed by atoms with van der Waals surface area (Å²) >= 11 is 0. The molecule has 1 aromatic carbocycles. The molecular weight excluding hydrogens is 332 g/mol. The molecule has 0 saturated carbocycles. The van der Waals surface area contributed by atoms with Crippen molar-refractivity contribution in [2.45, 2.75) is 82.7 Å². The fraction of sp³-hybridized carbons (Fsp3) is 0.750. The lowest BCUT2D eigenvalue weighted by molar-refractivity contribution is 0.123. The first kappa shape index (κ1) is 19.3. The summed E-state index contributed by atoms with van der Waals surface area (Å²) in [6.07, 6.45) is 14.9. The van der Waals surface area contributed by atoms with E-state index in [2.05, 4.69) is 34.1 Å². The van der Waals surface area contributed by atoms with Crippen molar-refractivity contribution in [1.29, 1.82) is 0 Å². The molecule has 3 aliphatic rings. The number of nitrogens with zero attached hydrogens (tertiary/aromatic N) is 2. The van der Waals surface area contributed by atoms with Crippen LogP contribution in [0.4, 0.5) is 0 Å². The average Bonchev–Trinajstić information content (AvgIpc) is 3.21. The lowest BCUT2D eigenvalue weighted by atomic mass is 9.92. The summed E-state index contributed by atoms with van der Waals surface area (Å²) in [5, 5.41) is 0. The molecule has 3 fully saturated rings. The van der Waals surface area contributed by atoms with Gasteiger partial charge in [-0.25, -0.2) is 0 Å². The second-order valence-electron chi connectivity index (χ2n) is 8.86. The van der Waals surface area contributed by atoms with Crippen LogP contribution in [0.5, 0.6) is 5.75 Å². The van der Waals surface area contributed by atoms with Gasteiger partial charge in [0.2, 0.25) is 0 Å². The molecule has 3 aliphatic heterocycles. The monoisotopic (exact) mass is 370 g/mol. The number of fused-ring (bicyclic) bond motifs is 1. The van der Waals surface area contributed by atoms with Gasteiger partial charge in [-0.15, -0.1) is 0 Å². The lowest BCUT2D eigenvalue weighted by Gasteiger charge is -2.38. The molecule has 3 heteroatoms.